The van der Waals surface area contributed by atoms with Gasteiger partial charge in [0.1, 0.15) is 5.82 Å². The Morgan fingerprint density at radius 3 is 2.39 bits per heavy atom. The summed E-state index contributed by atoms with van der Waals surface area (Å²) in [5.74, 6) is 0.302. The summed E-state index contributed by atoms with van der Waals surface area (Å²) < 4.78 is 38.2. The van der Waals surface area contributed by atoms with Gasteiger partial charge < -0.3 is 5.32 Å². The Kier molecular flexibility index (Phi) is 3.43. The highest BCUT2D eigenvalue weighted by Crippen LogP contribution is 2.35. The van der Waals surface area contributed by atoms with Crippen LogP contribution < -0.4 is 5.32 Å². The van der Waals surface area contributed by atoms with E-state index in [4.69, 9.17) is 11.6 Å². The van der Waals surface area contributed by atoms with E-state index in [2.05, 4.69) is 10.3 Å². The number of benzene rings is 1. The second-order valence-corrected chi connectivity index (χ2v) is 3.97. The molecule has 1 heterocycles. The Hall–Kier alpha value is -1.75. The standard InChI is InChI=1S/C12H8ClF3N2/c13-8-5-6-11(17-7-8)18-10-4-2-1-3-9(10)12(14,15)16/h1-7H,(H,17,18). The van der Waals surface area contributed by atoms with Gasteiger partial charge in [0.2, 0.25) is 0 Å². The number of nitrogens with zero attached hydrogens (tertiary/aromatic N) is 1. The number of halogens is 4. The Morgan fingerprint density at radius 1 is 1.06 bits per heavy atom. The molecule has 2 aromatic rings. The van der Waals surface area contributed by atoms with Gasteiger partial charge in [-0.1, -0.05) is 23.7 Å². The first-order valence-electron chi connectivity index (χ1n) is 5.01. The highest BCUT2D eigenvalue weighted by Gasteiger charge is 2.33. The van der Waals surface area contributed by atoms with Gasteiger partial charge in [0.05, 0.1) is 16.3 Å². The van der Waals surface area contributed by atoms with Crippen LogP contribution in [-0.4, -0.2) is 4.98 Å². The summed E-state index contributed by atoms with van der Waals surface area (Å²) in [6.45, 7) is 0. The van der Waals surface area contributed by atoms with Crippen molar-refractivity contribution in [2.75, 3.05) is 5.32 Å². The van der Waals surface area contributed by atoms with Gasteiger partial charge in [-0.15, -0.1) is 0 Å². The van der Waals surface area contributed by atoms with Crippen molar-refractivity contribution in [3.05, 3.63) is 53.2 Å². The molecule has 0 atom stereocenters. The zero-order chi connectivity index (χ0) is 13.2. The van der Waals surface area contributed by atoms with Gasteiger partial charge in [-0.25, -0.2) is 4.98 Å². The normalized spacial score (nSPS) is 11.3. The van der Waals surface area contributed by atoms with Gasteiger partial charge in [-0.05, 0) is 24.3 Å². The minimum atomic E-state index is -4.41. The fourth-order valence-corrected chi connectivity index (χ4v) is 1.54. The Bertz CT molecular complexity index is 538. The monoisotopic (exact) mass is 272 g/mol. The molecule has 1 aromatic heterocycles. The molecule has 18 heavy (non-hydrogen) atoms. The highest BCUT2D eigenvalue weighted by molar-refractivity contribution is 6.30. The predicted octanol–water partition coefficient (Wildman–Crippen LogP) is 4.50. The molecule has 94 valence electrons. The molecule has 0 unspecified atom stereocenters. The number of para-hydroxylation sites is 1. The molecule has 0 fully saturated rings. The summed E-state index contributed by atoms with van der Waals surface area (Å²) in [5, 5.41) is 3.04. The first-order chi connectivity index (χ1) is 8.47. The zero-order valence-corrected chi connectivity index (χ0v) is 9.76. The molecule has 0 spiro atoms. The summed E-state index contributed by atoms with van der Waals surface area (Å²) in [4.78, 5) is 3.89. The smallest absolute Gasteiger partial charge is 0.340 e. The molecule has 6 heteroatoms. The van der Waals surface area contributed by atoms with E-state index >= 15 is 0 Å². The van der Waals surface area contributed by atoms with Crippen LogP contribution in [0.25, 0.3) is 0 Å². The van der Waals surface area contributed by atoms with Crippen LogP contribution in [0.3, 0.4) is 0 Å². The number of pyridine rings is 1. The van der Waals surface area contributed by atoms with Crippen LogP contribution in [0.2, 0.25) is 5.02 Å². The first-order valence-corrected chi connectivity index (χ1v) is 5.39. The number of alkyl halides is 3. The highest BCUT2D eigenvalue weighted by atomic mass is 35.5. The second kappa shape index (κ2) is 4.86. The Balaban J connectivity index is 2.32. The molecule has 0 aliphatic carbocycles. The van der Waals surface area contributed by atoms with Gasteiger partial charge in [-0.3, -0.25) is 0 Å². The van der Waals surface area contributed by atoms with Crippen molar-refractivity contribution < 1.29 is 13.2 Å². The maximum atomic E-state index is 12.7. The predicted molar refractivity (Wildman–Crippen MR) is 64.0 cm³/mol. The fourth-order valence-electron chi connectivity index (χ4n) is 1.43. The molecular weight excluding hydrogens is 265 g/mol. The van der Waals surface area contributed by atoms with Crippen LogP contribution in [0.1, 0.15) is 5.56 Å². The maximum Gasteiger partial charge on any atom is 0.418 e. The van der Waals surface area contributed by atoms with Crippen molar-refractivity contribution in [1.82, 2.24) is 4.98 Å². The molecule has 0 saturated heterocycles. The third kappa shape index (κ3) is 2.92. The lowest BCUT2D eigenvalue weighted by Gasteiger charge is -2.13. The minimum Gasteiger partial charge on any atom is -0.340 e. The van der Waals surface area contributed by atoms with Crippen LogP contribution >= 0.6 is 11.6 Å². The third-order valence-corrected chi connectivity index (χ3v) is 2.45. The molecule has 2 nitrogen and oxygen atoms in total. The summed E-state index contributed by atoms with van der Waals surface area (Å²) in [6.07, 6.45) is -3.05. The van der Waals surface area contributed by atoms with Gasteiger partial charge >= 0.3 is 6.18 Å². The summed E-state index contributed by atoms with van der Waals surface area (Å²) in [6, 6.07) is 8.27. The van der Waals surface area contributed by atoms with E-state index in [1.807, 2.05) is 0 Å². The average molecular weight is 273 g/mol. The van der Waals surface area contributed by atoms with Crippen LogP contribution in [0.15, 0.2) is 42.6 Å². The molecule has 0 amide bonds. The maximum absolute atomic E-state index is 12.7. The number of hydrogen-bond donors (Lipinski definition) is 1. The molecule has 0 radical (unpaired) electrons. The lowest BCUT2D eigenvalue weighted by molar-refractivity contribution is -0.136. The molecule has 2 rings (SSSR count). The SMILES string of the molecule is FC(F)(F)c1ccccc1Nc1ccc(Cl)cn1. The van der Waals surface area contributed by atoms with E-state index < -0.39 is 11.7 Å². The largest absolute Gasteiger partial charge is 0.418 e. The van der Waals surface area contributed by atoms with E-state index in [0.29, 0.717) is 10.8 Å². The van der Waals surface area contributed by atoms with Crippen LogP contribution in [0.5, 0.6) is 0 Å². The molecule has 1 N–H and O–H groups in total. The first kappa shape index (κ1) is 12.7. The van der Waals surface area contributed by atoms with Crippen molar-refractivity contribution in [2.45, 2.75) is 6.18 Å². The lowest BCUT2D eigenvalue weighted by atomic mass is 10.1. The number of aromatic nitrogens is 1. The Labute approximate surface area is 106 Å². The van der Waals surface area contributed by atoms with E-state index in [1.165, 1.54) is 30.5 Å². The minimum absolute atomic E-state index is 0.0418. The molecule has 1 aromatic carbocycles. The van der Waals surface area contributed by atoms with Crippen molar-refractivity contribution in [1.29, 1.82) is 0 Å². The van der Waals surface area contributed by atoms with E-state index in [0.717, 1.165) is 6.07 Å². The number of rotatable bonds is 2. The number of anilines is 2. The van der Waals surface area contributed by atoms with Crippen molar-refractivity contribution in [2.24, 2.45) is 0 Å². The van der Waals surface area contributed by atoms with Gasteiger partial charge in [0, 0.05) is 6.20 Å². The van der Waals surface area contributed by atoms with Crippen molar-refractivity contribution in [3.8, 4) is 0 Å². The number of nitrogens with one attached hydrogen (secondary N) is 1. The van der Waals surface area contributed by atoms with E-state index in [9.17, 15) is 13.2 Å². The molecule has 0 bridgehead atoms. The number of hydrogen-bond acceptors (Lipinski definition) is 2. The van der Waals surface area contributed by atoms with Crippen molar-refractivity contribution >= 4 is 23.1 Å². The van der Waals surface area contributed by atoms with Gasteiger partial charge in [-0.2, -0.15) is 13.2 Å². The molecular formula is C12H8ClF3N2. The molecule has 0 aliphatic rings. The Morgan fingerprint density at radius 2 is 1.78 bits per heavy atom. The van der Waals surface area contributed by atoms with Gasteiger partial charge in [0.15, 0.2) is 0 Å². The molecule has 0 saturated carbocycles. The van der Waals surface area contributed by atoms with Crippen LogP contribution in [0, 0.1) is 0 Å². The lowest BCUT2D eigenvalue weighted by Crippen LogP contribution is -2.08. The quantitative estimate of drug-likeness (QED) is 0.871. The van der Waals surface area contributed by atoms with Gasteiger partial charge in [0.25, 0.3) is 0 Å². The van der Waals surface area contributed by atoms with Crippen LogP contribution in [0.4, 0.5) is 24.7 Å². The molecule has 0 aliphatic heterocycles. The zero-order valence-electron chi connectivity index (χ0n) is 9.00. The van der Waals surface area contributed by atoms with E-state index in [-0.39, 0.29) is 5.69 Å². The summed E-state index contributed by atoms with van der Waals surface area (Å²) in [5.41, 5.74) is -0.776. The third-order valence-electron chi connectivity index (χ3n) is 2.22. The fraction of sp³-hybridized carbons (Fsp3) is 0.0833. The van der Waals surface area contributed by atoms with E-state index in [1.54, 1.807) is 6.07 Å². The summed E-state index contributed by atoms with van der Waals surface area (Å²) >= 11 is 5.65. The second-order valence-electron chi connectivity index (χ2n) is 3.53. The average Bonchev–Trinajstić information content (AvgIpc) is 2.31. The topological polar surface area (TPSA) is 24.9 Å². The van der Waals surface area contributed by atoms with Crippen LogP contribution in [-0.2, 0) is 6.18 Å². The summed E-state index contributed by atoms with van der Waals surface area (Å²) in [7, 11) is 0. The van der Waals surface area contributed by atoms with Crippen molar-refractivity contribution in [3.63, 3.8) is 0 Å².